The van der Waals surface area contributed by atoms with Crippen molar-refractivity contribution in [3.05, 3.63) is 0 Å². The third kappa shape index (κ3) is 2.30. The number of likely N-dealkylation sites (N-methyl/N-ethyl adjacent to an activating group) is 1. The van der Waals surface area contributed by atoms with Gasteiger partial charge >= 0.3 is 0 Å². The van der Waals surface area contributed by atoms with Crippen LogP contribution in [-0.4, -0.2) is 42.1 Å². The lowest BCUT2D eigenvalue weighted by molar-refractivity contribution is -0.128. The van der Waals surface area contributed by atoms with Crippen molar-refractivity contribution < 1.29 is 4.79 Å². The molecular formula is C8H15N3OS. The molecule has 1 atom stereocenters. The van der Waals surface area contributed by atoms with E-state index in [0.717, 1.165) is 19.5 Å². The Balaban J connectivity index is 2.45. The maximum Gasteiger partial charge on any atom is 0.245 e. The highest BCUT2D eigenvalue weighted by molar-refractivity contribution is 7.80. The van der Waals surface area contributed by atoms with E-state index in [1.54, 1.807) is 7.05 Å². The highest BCUT2D eigenvalue weighted by Crippen LogP contribution is 2.09. The van der Waals surface area contributed by atoms with Gasteiger partial charge in [-0.05, 0) is 25.6 Å². The zero-order valence-corrected chi connectivity index (χ0v) is 8.78. The van der Waals surface area contributed by atoms with Gasteiger partial charge in [-0.2, -0.15) is 0 Å². The number of nitrogens with one attached hydrogen (secondary N) is 2. The van der Waals surface area contributed by atoms with E-state index in [1.807, 2.05) is 11.8 Å². The van der Waals surface area contributed by atoms with Gasteiger partial charge in [0.2, 0.25) is 5.91 Å². The van der Waals surface area contributed by atoms with Crippen LogP contribution in [0, 0.1) is 0 Å². The Kier molecular flexibility index (Phi) is 3.48. The summed E-state index contributed by atoms with van der Waals surface area (Å²) in [5.41, 5.74) is 0. The molecule has 5 heteroatoms. The second-order valence-electron chi connectivity index (χ2n) is 2.98. The number of rotatable bonds is 2. The quantitative estimate of drug-likeness (QED) is 0.602. The van der Waals surface area contributed by atoms with Gasteiger partial charge in [0.15, 0.2) is 5.11 Å². The lowest BCUT2D eigenvalue weighted by atomic mass is 10.2. The average Bonchev–Trinajstić information content (AvgIpc) is 2.48. The lowest BCUT2D eigenvalue weighted by Gasteiger charge is -2.15. The summed E-state index contributed by atoms with van der Waals surface area (Å²) in [5, 5.41) is 6.30. The molecule has 1 heterocycles. The molecule has 1 fully saturated rings. The largest absolute Gasteiger partial charge is 0.366 e. The molecule has 0 bridgehead atoms. The number of carbonyl (C=O) groups excluding carboxylic acids is 1. The van der Waals surface area contributed by atoms with Crippen molar-refractivity contribution in [3.63, 3.8) is 0 Å². The molecule has 1 saturated heterocycles. The summed E-state index contributed by atoms with van der Waals surface area (Å²) >= 11 is 4.93. The monoisotopic (exact) mass is 201 g/mol. The summed E-state index contributed by atoms with van der Waals surface area (Å²) in [4.78, 5) is 13.4. The van der Waals surface area contributed by atoms with E-state index in [-0.39, 0.29) is 11.9 Å². The summed E-state index contributed by atoms with van der Waals surface area (Å²) in [6.07, 6.45) is 0.842. The van der Waals surface area contributed by atoms with E-state index in [0.29, 0.717) is 5.11 Å². The number of likely N-dealkylation sites (tertiary alicyclic amines) is 1. The Hall–Kier alpha value is -0.840. The standard InChI is InChI=1S/C8H15N3OS/c1-3-11-5-4-6(7(11)12)10-8(13)9-2/h6H,3-5H2,1-2H3,(H2,9,10,13). The minimum Gasteiger partial charge on any atom is -0.366 e. The first kappa shape index (κ1) is 10.2. The second-order valence-corrected chi connectivity index (χ2v) is 3.39. The summed E-state index contributed by atoms with van der Waals surface area (Å²) < 4.78 is 0. The van der Waals surface area contributed by atoms with Gasteiger partial charge in [0.1, 0.15) is 6.04 Å². The molecule has 1 rings (SSSR count). The summed E-state index contributed by atoms with van der Waals surface area (Å²) in [7, 11) is 1.74. The number of carbonyl (C=O) groups is 1. The molecule has 0 aromatic carbocycles. The molecule has 2 N–H and O–H groups in total. The molecule has 0 aliphatic carbocycles. The number of amides is 1. The fraction of sp³-hybridized carbons (Fsp3) is 0.750. The van der Waals surface area contributed by atoms with Crippen molar-refractivity contribution in [2.75, 3.05) is 20.1 Å². The summed E-state index contributed by atoms with van der Waals surface area (Å²) in [5.74, 6) is 0.153. The van der Waals surface area contributed by atoms with Crippen LogP contribution in [0.3, 0.4) is 0 Å². The van der Waals surface area contributed by atoms with Crippen molar-refractivity contribution in [2.24, 2.45) is 0 Å². The highest BCUT2D eigenvalue weighted by Gasteiger charge is 2.30. The Morgan fingerprint density at radius 2 is 2.46 bits per heavy atom. The predicted molar refractivity (Wildman–Crippen MR) is 55.5 cm³/mol. The van der Waals surface area contributed by atoms with Crippen LogP contribution in [0.25, 0.3) is 0 Å². The Morgan fingerprint density at radius 3 is 2.92 bits per heavy atom. The third-order valence-electron chi connectivity index (χ3n) is 2.21. The van der Waals surface area contributed by atoms with Gasteiger partial charge in [-0.3, -0.25) is 4.79 Å². The zero-order valence-electron chi connectivity index (χ0n) is 7.96. The number of nitrogens with zero attached hydrogens (tertiary/aromatic N) is 1. The molecule has 0 aromatic rings. The van der Waals surface area contributed by atoms with E-state index < -0.39 is 0 Å². The van der Waals surface area contributed by atoms with Gasteiger partial charge < -0.3 is 15.5 Å². The van der Waals surface area contributed by atoms with Crippen molar-refractivity contribution >= 4 is 23.2 Å². The van der Waals surface area contributed by atoms with Crippen molar-refractivity contribution in [1.29, 1.82) is 0 Å². The van der Waals surface area contributed by atoms with Gasteiger partial charge in [0.05, 0.1) is 0 Å². The van der Waals surface area contributed by atoms with Crippen LogP contribution in [0.2, 0.25) is 0 Å². The molecule has 1 aliphatic rings. The molecule has 0 radical (unpaired) electrons. The van der Waals surface area contributed by atoms with Gasteiger partial charge in [-0.15, -0.1) is 0 Å². The average molecular weight is 201 g/mol. The van der Waals surface area contributed by atoms with Crippen LogP contribution >= 0.6 is 12.2 Å². The Morgan fingerprint density at radius 1 is 1.77 bits per heavy atom. The van der Waals surface area contributed by atoms with Crippen molar-refractivity contribution in [1.82, 2.24) is 15.5 Å². The van der Waals surface area contributed by atoms with E-state index in [4.69, 9.17) is 12.2 Å². The summed E-state index contributed by atoms with van der Waals surface area (Å²) in [6, 6.07) is -0.125. The molecule has 1 unspecified atom stereocenters. The fourth-order valence-corrected chi connectivity index (χ4v) is 1.56. The number of thiocarbonyl (C=S) groups is 1. The minimum absolute atomic E-state index is 0.125. The molecular weight excluding hydrogens is 186 g/mol. The summed E-state index contributed by atoms with van der Waals surface area (Å²) in [6.45, 7) is 3.60. The Bertz CT molecular complexity index is 219. The van der Waals surface area contributed by atoms with Crippen LogP contribution in [0.1, 0.15) is 13.3 Å². The molecule has 0 saturated carbocycles. The number of hydrogen-bond donors (Lipinski definition) is 2. The van der Waals surface area contributed by atoms with E-state index >= 15 is 0 Å². The van der Waals surface area contributed by atoms with Crippen LogP contribution < -0.4 is 10.6 Å². The van der Waals surface area contributed by atoms with Gasteiger partial charge in [0.25, 0.3) is 0 Å². The molecule has 4 nitrogen and oxygen atoms in total. The lowest BCUT2D eigenvalue weighted by Crippen LogP contribution is -2.44. The van der Waals surface area contributed by atoms with E-state index in [2.05, 4.69) is 10.6 Å². The van der Waals surface area contributed by atoms with Crippen LogP contribution in [0.5, 0.6) is 0 Å². The first-order valence-corrected chi connectivity index (χ1v) is 4.87. The normalized spacial score (nSPS) is 21.8. The van der Waals surface area contributed by atoms with Crippen LogP contribution in [0.4, 0.5) is 0 Å². The minimum atomic E-state index is -0.125. The first-order valence-electron chi connectivity index (χ1n) is 4.46. The fourth-order valence-electron chi connectivity index (χ4n) is 1.42. The van der Waals surface area contributed by atoms with Gasteiger partial charge in [0, 0.05) is 20.1 Å². The maximum absolute atomic E-state index is 11.6. The molecule has 0 spiro atoms. The second kappa shape index (κ2) is 4.41. The Labute approximate surface area is 83.7 Å². The van der Waals surface area contributed by atoms with Crippen molar-refractivity contribution in [2.45, 2.75) is 19.4 Å². The molecule has 0 aromatic heterocycles. The maximum atomic E-state index is 11.6. The molecule has 1 aliphatic heterocycles. The third-order valence-corrected chi connectivity index (χ3v) is 2.53. The smallest absolute Gasteiger partial charge is 0.245 e. The topological polar surface area (TPSA) is 44.4 Å². The highest BCUT2D eigenvalue weighted by atomic mass is 32.1. The van der Waals surface area contributed by atoms with E-state index in [1.165, 1.54) is 0 Å². The van der Waals surface area contributed by atoms with Crippen LogP contribution in [0.15, 0.2) is 0 Å². The molecule has 13 heavy (non-hydrogen) atoms. The zero-order chi connectivity index (χ0) is 9.84. The first-order chi connectivity index (χ1) is 6.19. The van der Waals surface area contributed by atoms with Crippen LogP contribution in [-0.2, 0) is 4.79 Å². The van der Waals surface area contributed by atoms with Gasteiger partial charge in [-0.1, -0.05) is 0 Å². The predicted octanol–water partition coefficient (Wildman–Crippen LogP) is -0.299. The van der Waals surface area contributed by atoms with Crippen molar-refractivity contribution in [3.8, 4) is 0 Å². The van der Waals surface area contributed by atoms with E-state index in [9.17, 15) is 4.79 Å². The van der Waals surface area contributed by atoms with Gasteiger partial charge in [-0.25, -0.2) is 0 Å². The SMILES string of the molecule is CCN1CCC(NC(=S)NC)C1=O. The molecule has 74 valence electrons. The molecule has 1 amide bonds. The number of hydrogen-bond acceptors (Lipinski definition) is 2.